The van der Waals surface area contributed by atoms with Gasteiger partial charge >= 0.3 is 5.97 Å². The minimum absolute atomic E-state index is 0.0505. The van der Waals surface area contributed by atoms with E-state index in [0.29, 0.717) is 36.1 Å². The van der Waals surface area contributed by atoms with E-state index in [1.807, 2.05) is 52.8 Å². The number of phenolic OH excluding ortho intramolecular Hbond substituents is 1. The molecule has 3 aliphatic heterocycles. The zero-order valence-electron chi connectivity index (χ0n) is 29.5. The molecule has 2 N–H and O–H groups in total. The number of aromatic hydroxyl groups is 1. The number of ether oxygens (including phenoxy) is 4. The molecule has 1 saturated heterocycles. The third kappa shape index (κ3) is 4.75. The second-order valence-electron chi connectivity index (χ2n) is 15.5. The normalized spacial score (nSPS) is 33.6. The van der Waals surface area contributed by atoms with Crippen LogP contribution in [0.3, 0.4) is 0 Å². The summed E-state index contributed by atoms with van der Waals surface area (Å²) in [5.41, 5.74) is -1.39. The van der Waals surface area contributed by atoms with Gasteiger partial charge in [-0.2, -0.15) is 0 Å². The summed E-state index contributed by atoms with van der Waals surface area (Å²) >= 11 is 0. The number of carbonyl (C=O) groups is 3. The summed E-state index contributed by atoms with van der Waals surface area (Å²) in [6.07, 6.45) is 10.8. The molecule has 7 rings (SSSR count). The average Bonchev–Trinajstić information content (AvgIpc) is 3.14. The number of carboxylic acid groups (broad SMARTS) is 1. The van der Waals surface area contributed by atoms with Crippen LogP contribution < -0.4 is 9.47 Å². The van der Waals surface area contributed by atoms with E-state index < -0.39 is 52.2 Å². The van der Waals surface area contributed by atoms with Crippen LogP contribution in [0.25, 0.3) is 6.08 Å². The molecule has 1 aromatic rings. The van der Waals surface area contributed by atoms with E-state index in [9.17, 15) is 19.8 Å². The Morgan fingerprint density at radius 1 is 1.02 bits per heavy atom. The molecule has 9 heteroatoms. The number of Topliss-reactive ketones (excluding diaryl/α,β-unsaturated/α-hetero) is 2. The summed E-state index contributed by atoms with van der Waals surface area (Å²) in [6, 6.07) is 0. The number of phenols is 1. The van der Waals surface area contributed by atoms with Crippen molar-refractivity contribution in [2.75, 3.05) is 7.11 Å². The average molecular weight is 661 g/mol. The summed E-state index contributed by atoms with van der Waals surface area (Å²) in [4.78, 5) is 41.6. The van der Waals surface area contributed by atoms with Gasteiger partial charge in [0.15, 0.2) is 22.8 Å². The lowest BCUT2D eigenvalue weighted by atomic mass is 9.45. The predicted molar refractivity (Wildman–Crippen MR) is 180 cm³/mol. The molecule has 1 spiro atoms. The Balaban J connectivity index is 1.61. The summed E-state index contributed by atoms with van der Waals surface area (Å²) in [5.74, 6) is -3.41. The quantitative estimate of drug-likeness (QED) is 0.214. The lowest BCUT2D eigenvalue weighted by molar-refractivity contribution is -0.224. The van der Waals surface area contributed by atoms with E-state index in [4.69, 9.17) is 18.9 Å². The molecule has 6 aliphatic rings. The van der Waals surface area contributed by atoms with Crippen LogP contribution in [-0.4, -0.2) is 63.4 Å². The Kier molecular flexibility index (Phi) is 8.15. The van der Waals surface area contributed by atoms with Crippen molar-refractivity contribution >= 4 is 23.6 Å². The highest BCUT2D eigenvalue weighted by atomic mass is 16.6. The maximum atomic E-state index is 15.1. The molecular weight excluding hydrogens is 612 g/mol. The molecule has 4 bridgehead atoms. The van der Waals surface area contributed by atoms with E-state index in [2.05, 4.69) is 19.9 Å². The number of carbonyl (C=O) groups excluding carboxylic acids is 2. The molecule has 258 valence electrons. The third-order valence-electron chi connectivity index (χ3n) is 11.3. The molecule has 0 amide bonds. The molecule has 3 aliphatic carbocycles. The molecule has 3 heterocycles. The van der Waals surface area contributed by atoms with E-state index in [1.54, 1.807) is 0 Å². The number of fused-ring (bicyclic) bond motifs is 2. The summed E-state index contributed by atoms with van der Waals surface area (Å²) in [5, 5.41) is 21.6. The van der Waals surface area contributed by atoms with Gasteiger partial charge in [-0.3, -0.25) is 9.59 Å². The zero-order chi connectivity index (χ0) is 35.1. The van der Waals surface area contributed by atoms with Crippen LogP contribution in [0.1, 0.15) is 103 Å². The first-order valence-electron chi connectivity index (χ1n) is 16.9. The highest BCUT2D eigenvalue weighted by Crippen LogP contribution is 2.70. The minimum atomic E-state index is -1.66. The zero-order valence-corrected chi connectivity index (χ0v) is 29.5. The topological polar surface area (TPSA) is 129 Å². The first-order valence-corrected chi connectivity index (χ1v) is 16.9. The highest BCUT2D eigenvalue weighted by Gasteiger charge is 2.85. The van der Waals surface area contributed by atoms with Crippen LogP contribution in [0.4, 0.5) is 0 Å². The lowest BCUT2D eigenvalue weighted by Crippen LogP contribution is -2.80. The van der Waals surface area contributed by atoms with Gasteiger partial charge in [-0.05, 0) is 93.2 Å². The molecule has 0 aromatic heterocycles. The number of methoxy groups -OCH3 is 1. The van der Waals surface area contributed by atoms with E-state index in [0.717, 1.165) is 12.0 Å². The first-order chi connectivity index (χ1) is 22.4. The van der Waals surface area contributed by atoms with E-state index >= 15 is 4.79 Å². The number of benzene rings is 1. The predicted octanol–water partition coefficient (Wildman–Crippen LogP) is 6.94. The third-order valence-corrected chi connectivity index (χ3v) is 11.3. The molecule has 0 radical (unpaired) electrons. The number of rotatable bonds is 9. The monoisotopic (exact) mass is 660 g/mol. The Morgan fingerprint density at radius 3 is 2.33 bits per heavy atom. The first kappa shape index (κ1) is 34.2. The van der Waals surface area contributed by atoms with Gasteiger partial charge in [-0.25, -0.2) is 4.79 Å². The Labute approximate surface area is 282 Å². The van der Waals surface area contributed by atoms with Gasteiger partial charge in [0.05, 0.1) is 23.2 Å². The number of carboxylic acids is 1. The van der Waals surface area contributed by atoms with Gasteiger partial charge in [0.2, 0.25) is 0 Å². The van der Waals surface area contributed by atoms with Gasteiger partial charge in [-0.15, -0.1) is 0 Å². The maximum absolute atomic E-state index is 15.1. The molecule has 1 aromatic carbocycles. The second kappa shape index (κ2) is 11.4. The standard InChI is InChI=1S/C39H48O9/c1-20(2)11-10-16-37(8)17-15-23-29(40)27-30(41)28-33(45-9)25-19-26-36(6,7)48-38(34(25)42,18-14-22(5)35(43)44)39(26,28)47-32(27)24(31(23)46-37)13-12-21(3)4/h11-12,14-15,17,25-26,28,33,40H,10,13,16,18-19H2,1-9H3,(H,43,44)/b22-14-/t25-,26-,28?,33-,37+,38-,39-/m0/s1. The van der Waals surface area contributed by atoms with Gasteiger partial charge in [0.1, 0.15) is 28.4 Å². The van der Waals surface area contributed by atoms with Crippen LogP contribution >= 0.6 is 0 Å². The lowest BCUT2D eigenvalue weighted by Gasteiger charge is -2.62. The SMILES string of the molecule is CO[C@@H]1C2C(=O)c3c(O)c4c(c(CC=C(C)C)c3O[C@@]23[C@H]2C[C@@H]1C(=O)[C@]3(C/C=C(/C)C(=O)O)OC2(C)C)O[C@](C)(CCC=C(C)C)C=C4. The van der Waals surface area contributed by atoms with Crippen molar-refractivity contribution < 1.29 is 43.5 Å². The fourth-order valence-electron chi connectivity index (χ4n) is 9.04. The van der Waals surface area contributed by atoms with Gasteiger partial charge in [0, 0.05) is 36.5 Å². The van der Waals surface area contributed by atoms with Gasteiger partial charge in [-0.1, -0.05) is 29.4 Å². The van der Waals surface area contributed by atoms with Crippen LogP contribution in [0, 0.1) is 17.8 Å². The van der Waals surface area contributed by atoms with E-state index in [-0.39, 0.29) is 40.6 Å². The largest absolute Gasteiger partial charge is 0.506 e. The number of allylic oxidation sites excluding steroid dienone is 4. The molecule has 4 fully saturated rings. The van der Waals surface area contributed by atoms with Crippen molar-refractivity contribution in [3.05, 3.63) is 57.7 Å². The van der Waals surface area contributed by atoms with Crippen LogP contribution in [-0.2, 0) is 25.5 Å². The van der Waals surface area contributed by atoms with E-state index in [1.165, 1.54) is 25.7 Å². The highest BCUT2D eigenvalue weighted by molar-refractivity contribution is 6.10. The molecule has 1 unspecified atom stereocenters. The Bertz CT molecular complexity index is 1720. The molecule has 48 heavy (non-hydrogen) atoms. The van der Waals surface area contributed by atoms with Crippen molar-refractivity contribution in [2.45, 2.75) is 116 Å². The number of hydrogen-bond acceptors (Lipinski definition) is 8. The summed E-state index contributed by atoms with van der Waals surface area (Å²) in [6.45, 7) is 15.4. The fourth-order valence-corrected chi connectivity index (χ4v) is 9.04. The van der Waals surface area contributed by atoms with Crippen molar-refractivity contribution in [2.24, 2.45) is 17.8 Å². The van der Waals surface area contributed by atoms with Crippen LogP contribution in [0.2, 0.25) is 0 Å². The van der Waals surface area contributed by atoms with Crippen molar-refractivity contribution in [3.8, 4) is 17.2 Å². The molecular formula is C39H48O9. The number of hydrogen-bond donors (Lipinski definition) is 2. The summed E-state index contributed by atoms with van der Waals surface area (Å²) < 4.78 is 26.8. The van der Waals surface area contributed by atoms with Crippen molar-refractivity contribution in [1.29, 1.82) is 0 Å². The number of aliphatic carboxylic acids is 1. The van der Waals surface area contributed by atoms with Crippen molar-refractivity contribution in [3.63, 3.8) is 0 Å². The Hall–Kier alpha value is -3.69. The minimum Gasteiger partial charge on any atom is -0.506 e. The maximum Gasteiger partial charge on any atom is 0.330 e. The number of ketones is 2. The fraction of sp³-hybridized carbons (Fsp3) is 0.564. The second-order valence-corrected chi connectivity index (χ2v) is 15.5. The van der Waals surface area contributed by atoms with Gasteiger partial charge in [0.25, 0.3) is 0 Å². The van der Waals surface area contributed by atoms with Gasteiger partial charge < -0.3 is 29.2 Å². The molecule has 9 nitrogen and oxygen atoms in total. The van der Waals surface area contributed by atoms with Crippen LogP contribution in [0.5, 0.6) is 17.2 Å². The summed E-state index contributed by atoms with van der Waals surface area (Å²) in [7, 11) is 1.49. The molecule has 3 saturated carbocycles. The van der Waals surface area contributed by atoms with Crippen LogP contribution in [0.15, 0.2) is 41.0 Å². The Morgan fingerprint density at radius 2 is 1.71 bits per heavy atom. The smallest absolute Gasteiger partial charge is 0.330 e. The molecule has 7 atom stereocenters. The van der Waals surface area contributed by atoms with Crippen molar-refractivity contribution in [1.82, 2.24) is 0 Å².